The van der Waals surface area contributed by atoms with Gasteiger partial charge in [0, 0.05) is 31.8 Å². The first kappa shape index (κ1) is 19.3. The van der Waals surface area contributed by atoms with Crippen LogP contribution in [-0.2, 0) is 24.3 Å². The van der Waals surface area contributed by atoms with E-state index < -0.39 is 0 Å². The first-order valence-electron chi connectivity index (χ1n) is 8.56. The second-order valence-electron chi connectivity index (χ2n) is 5.65. The molecule has 0 aliphatic carbocycles. The van der Waals surface area contributed by atoms with E-state index >= 15 is 0 Å². The predicted molar refractivity (Wildman–Crippen MR) is 105 cm³/mol. The number of guanidine groups is 1. The molecule has 0 heterocycles. The summed E-state index contributed by atoms with van der Waals surface area (Å²) in [4.78, 5) is 4.26. The standard InChI is InChI=1S/C20H26ClN3O/c1-3-25-15-17-10-8-16(9-11-17)14-24-20(22-2)23-13-12-18-6-4-5-7-19(18)21/h4-11H,3,12-15H2,1-2H3,(H2,22,23,24). The normalized spacial score (nSPS) is 11.4. The zero-order valence-electron chi connectivity index (χ0n) is 14.9. The van der Waals surface area contributed by atoms with Gasteiger partial charge in [-0.2, -0.15) is 0 Å². The summed E-state index contributed by atoms with van der Waals surface area (Å²) in [7, 11) is 1.77. The summed E-state index contributed by atoms with van der Waals surface area (Å²) >= 11 is 6.18. The molecule has 0 fully saturated rings. The summed E-state index contributed by atoms with van der Waals surface area (Å²) in [5, 5.41) is 7.44. The van der Waals surface area contributed by atoms with Crippen LogP contribution in [0.3, 0.4) is 0 Å². The van der Waals surface area contributed by atoms with Crippen molar-refractivity contribution in [2.45, 2.75) is 26.5 Å². The van der Waals surface area contributed by atoms with Crippen LogP contribution in [0, 0.1) is 0 Å². The van der Waals surface area contributed by atoms with Crippen molar-refractivity contribution in [3.05, 3.63) is 70.2 Å². The number of ether oxygens (including phenoxy) is 1. The van der Waals surface area contributed by atoms with Crippen LogP contribution in [-0.4, -0.2) is 26.2 Å². The Hall–Kier alpha value is -2.04. The van der Waals surface area contributed by atoms with Gasteiger partial charge in [-0.1, -0.05) is 54.1 Å². The quantitative estimate of drug-likeness (QED) is 0.557. The molecule has 134 valence electrons. The molecule has 0 spiro atoms. The van der Waals surface area contributed by atoms with E-state index in [0.717, 1.165) is 42.7 Å². The third kappa shape index (κ3) is 6.77. The van der Waals surface area contributed by atoms with Crippen LogP contribution in [0.1, 0.15) is 23.6 Å². The van der Waals surface area contributed by atoms with Gasteiger partial charge in [0.15, 0.2) is 5.96 Å². The molecule has 0 radical (unpaired) electrons. The highest BCUT2D eigenvalue weighted by atomic mass is 35.5. The lowest BCUT2D eigenvalue weighted by Crippen LogP contribution is -2.37. The molecule has 2 N–H and O–H groups in total. The minimum absolute atomic E-state index is 0.662. The number of rotatable bonds is 8. The SMILES string of the molecule is CCOCc1ccc(CNC(=NC)NCCc2ccccc2Cl)cc1. The lowest BCUT2D eigenvalue weighted by atomic mass is 10.1. The maximum absolute atomic E-state index is 6.18. The van der Waals surface area contributed by atoms with Crippen LogP contribution >= 0.6 is 11.6 Å². The van der Waals surface area contributed by atoms with Crippen molar-refractivity contribution in [2.75, 3.05) is 20.2 Å². The van der Waals surface area contributed by atoms with Crippen molar-refractivity contribution in [3.63, 3.8) is 0 Å². The van der Waals surface area contributed by atoms with Crippen molar-refractivity contribution in [1.82, 2.24) is 10.6 Å². The number of nitrogens with zero attached hydrogens (tertiary/aromatic N) is 1. The van der Waals surface area contributed by atoms with Crippen molar-refractivity contribution in [3.8, 4) is 0 Å². The lowest BCUT2D eigenvalue weighted by molar-refractivity contribution is 0.134. The summed E-state index contributed by atoms with van der Waals surface area (Å²) in [6.45, 7) is 4.90. The molecule has 2 rings (SSSR count). The van der Waals surface area contributed by atoms with Gasteiger partial charge in [0.1, 0.15) is 0 Å². The molecule has 2 aromatic rings. The second-order valence-corrected chi connectivity index (χ2v) is 6.05. The maximum Gasteiger partial charge on any atom is 0.191 e. The van der Waals surface area contributed by atoms with E-state index in [0.29, 0.717) is 6.61 Å². The molecule has 4 nitrogen and oxygen atoms in total. The van der Waals surface area contributed by atoms with Gasteiger partial charge >= 0.3 is 0 Å². The Kier molecular flexibility index (Phi) is 8.29. The van der Waals surface area contributed by atoms with Crippen LogP contribution in [0.15, 0.2) is 53.5 Å². The largest absolute Gasteiger partial charge is 0.377 e. The van der Waals surface area contributed by atoms with Crippen molar-refractivity contribution in [2.24, 2.45) is 4.99 Å². The van der Waals surface area contributed by atoms with Gasteiger partial charge in [0.2, 0.25) is 0 Å². The van der Waals surface area contributed by atoms with Crippen molar-refractivity contribution >= 4 is 17.6 Å². The average Bonchev–Trinajstić information content (AvgIpc) is 2.65. The van der Waals surface area contributed by atoms with E-state index in [1.54, 1.807) is 7.05 Å². The fourth-order valence-corrected chi connectivity index (χ4v) is 2.63. The summed E-state index contributed by atoms with van der Waals surface area (Å²) in [6.07, 6.45) is 0.854. The van der Waals surface area contributed by atoms with E-state index in [9.17, 15) is 0 Å². The van der Waals surface area contributed by atoms with Gasteiger partial charge in [-0.05, 0) is 36.1 Å². The molecule has 0 aliphatic heterocycles. The van der Waals surface area contributed by atoms with Crippen LogP contribution in [0.4, 0.5) is 0 Å². The molecule has 0 aromatic heterocycles. The summed E-state index contributed by atoms with van der Waals surface area (Å²) in [5.74, 6) is 0.783. The lowest BCUT2D eigenvalue weighted by Gasteiger charge is -2.12. The molecule has 0 amide bonds. The van der Waals surface area contributed by atoms with Crippen molar-refractivity contribution < 1.29 is 4.74 Å². The second kappa shape index (κ2) is 10.7. The van der Waals surface area contributed by atoms with Gasteiger partial charge in [-0.15, -0.1) is 0 Å². The molecule has 2 aromatic carbocycles. The first-order valence-corrected chi connectivity index (χ1v) is 8.94. The predicted octanol–water partition coefficient (Wildman–Crippen LogP) is 3.78. The van der Waals surface area contributed by atoms with Gasteiger partial charge in [-0.25, -0.2) is 0 Å². The Balaban J connectivity index is 1.75. The minimum atomic E-state index is 0.662. The molecular formula is C20H26ClN3O. The Bertz CT molecular complexity index is 671. The number of hydrogen-bond acceptors (Lipinski definition) is 2. The maximum atomic E-state index is 6.18. The van der Waals surface area contributed by atoms with Gasteiger partial charge in [0.25, 0.3) is 0 Å². The third-order valence-corrected chi connectivity index (χ3v) is 4.19. The highest BCUT2D eigenvalue weighted by molar-refractivity contribution is 6.31. The molecule has 0 atom stereocenters. The number of benzene rings is 2. The van der Waals surface area contributed by atoms with E-state index in [1.807, 2.05) is 31.2 Å². The Morgan fingerprint density at radius 2 is 1.76 bits per heavy atom. The van der Waals surface area contributed by atoms with Gasteiger partial charge in [-0.3, -0.25) is 4.99 Å². The molecule has 0 saturated carbocycles. The molecule has 5 heteroatoms. The van der Waals surface area contributed by atoms with E-state index in [4.69, 9.17) is 16.3 Å². The van der Waals surface area contributed by atoms with Crippen LogP contribution < -0.4 is 10.6 Å². The molecule has 0 bridgehead atoms. The first-order chi connectivity index (χ1) is 12.2. The van der Waals surface area contributed by atoms with Crippen LogP contribution in [0.2, 0.25) is 5.02 Å². The van der Waals surface area contributed by atoms with Gasteiger partial charge < -0.3 is 15.4 Å². The summed E-state index contributed by atoms with van der Waals surface area (Å²) < 4.78 is 5.41. The fraction of sp³-hybridized carbons (Fsp3) is 0.350. The molecule has 0 saturated heterocycles. The smallest absolute Gasteiger partial charge is 0.191 e. The summed E-state index contributed by atoms with van der Waals surface area (Å²) in [6, 6.07) is 16.3. The zero-order chi connectivity index (χ0) is 17.9. The van der Waals surface area contributed by atoms with E-state index in [-0.39, 0.29) is 0 Å². The van der Waals surface area contributed by atoms with E-state index in [1.165, 1.54) is 11.1 Å². The zero-order valence-corrected chi connectivity index (χ0v) is 15.6. The minimum Gasteiger partial charge on any atom is -0.377 e. The van der Waals surface area contributed by atoms with Crippen LogP contribution in [0.5, 0.6) is 0 Å². The Labute approximate surface area is 155 Å². The highest BCUT2D eigenvalue weighted by Crippen LogP contribution is 2.14. The molecule has 25 heavy (non-hydrogen) atoms. The van der Waals surface area contributed by atoms with Crippen LogP contribution in [0.25, 0.3) is 0 Å². The Morgan fingerprint density at radius 3 is 2.44 bits per heavy atom. The Morgan fingerprint density at radius 1 is 1.04 bits per heavy atom. The topological polar surface area (TPSA) is 45.6 Å². The summed E-state index contributed by atoms with van der Waals surface area (Å²) in [5.41, 5.74) is 3.53. The van der Waals surface area contributed by atoms with E-state index in [2.05, 4.69) is 39.9 Å². The number of aliphatic imine (C=N–C) groups is 1. The highest BCUT2D eigenvalue weighted by Gasteiger charge is 2.01. The monoisotopic (exact) mass is 359 g/mol. The van der Waals surface area contributed by atoms with Gasteiger partial charge in [0.05, 0.1) is 6.61 Å². The number of hydrogen-bond donors (Lipinski definition) is 2. The number of nitrogens with one attached hydrogen (secondary N) is 2. The van der Waals surface area contributed by atoms with Crippen molar-refractivity contribution in [1.29, 1.82) is 0 Å². The molecular weight excluding hydrogens is 334 g/mol. The molecule has 0 aliphatic rings. The fourth-order valence-electron chi connectivity index (χ4n) is 2.40. The third-order valence-electron chi connectivity index (χ3n) is 3.82. The molecule has 0 unspecified atom stereocenters. The number of halogens is 1. The average molecular weight is 360 g/mol.